The van der Waals surface area contributed by atoms with Crippen LogP contribution >= 0.6 is 0 Å². The Morgan fingerprint density at radius 2 is 2.10 bits per heavy atom. The van der Waals surface area contributed by atoms with Gasteiger partial charge in [-0.1, -0.05) is 13.3 Å². The molecule has 0 aromatic heterocycles. The Labute approximate surface area is 121 Å². The standard InChI is InChI=1S/C14H23N3O2S/c1-3-16-20(18,19)12-7-8-13(15)14(9-12)17-10(2)11-5-4-6-11/h7-11,16-17H,3-6,15H2,1-2H3. The molecule has 1 unspecified atom stereocenters. The number of sulfonamides is 1. The lowest BCUT2D eigenvalue weighted by Crippen LogP contribution is -2.31. The van der Waals surface area contributed by atoms with Gasteiger partial charge in [-0.3, -0.25) is 0 Å². The molecule has 1 aromatic carbocycles. The first-order valence-electron chi connectivity index (χ1n) is 7.09. The van der Waals surface area contributed by atoms with Crippen LogP contribution in [0.15, 0.2) is 23.1 Å². The topological polar surface area (TPSA) is 84.2 Å². The summed E-state index contributed by atoms with van der Waals surface area (Å²) in [7, 11) is -3.44. The highest BCUT2D eigenvalue weighted by Crippen LogP contribution is 2.32. The fraction of sp³-hybridized carbons (Fsp3) is 0.571. The molecule has 1 aromatic rings. The highest BCUT2D eigenvalue weighted by molar-refractivity contribution is 7.89. The average Bonchev–Trinajstić information content (AvgIpc) is 2.29. The molecule has 1 atom stereocenters. The van der Waals surface area contributed by atoms with Gasteiger partial charge in [0.15, 0.2) is 0 Å². The van der Waals surface area contributed by atoms with Gasteiger partial charge in [0.1, 0.15) is 0 Å². The molecular formula is C14H23N3O2S. The molecule has 0 heterocycles. The van der Waals surface area contributed by atoms with Gasteiger partial charge >= 0.3 is 0 Å². The lowest BCUT2D eigenvalue weighted by atomic mass is 9.80. The Bertz CT molecular complexity index is 568. The smallest absolute Gasteiger partial charge is 0.240 e. The normalized spacial score (nSPS) is 17.5. The van der Waals surface area contributed by atoms with E-state index in [1.807, 2.05) is 0 Å². The maximum absolute atomic E-state index is 12.0. The summed E-state index contributed by atoms with van der Waals surface area (Å²) in [6.07, 6.45) is 3.73. The fourth-order valence-corrected chi connectivity index (χ4v) is 3.47. The van der Waals surface area contributed by atoms with E-state index >= 15 is 0 Å². The summed E-state index contributed by atoms with van der Waals surface area (Å²) in [5.74, 6) is 0.656. The molecule has 20 heavy (non-hydrogen) atoms. The zero-order chi connectivity index (χ0) is 14.8. The van der Waals surface area contributed by atoms with E-state index in [0.29, 0.717) is 29.9 Å². The van der Waals surface area contributed by atoms with E-state index < -0.39 is 10.0 Å². The van der Waals surface area contributed by atoms with E-state index in [1.54, 1.807) is 19.1 Å². The molecular weight excluding hydrogens is 274 g/mol. The summed E-state index contributed by atoms with van der Waals surface area (Å²) >= 11 is 0. The third-order valence-corrected chi connectivity index (χ3v) is 5.45. The number of nitrogens with one attached hydrogen (secondary N) is 2. The van der Waals surface area contributed by atoms with E-state index in [4.69, 9.17) is 5.73 Å². The fourth-order valence-electron chi connectivity index (χ4n) is 2.40. The van der Waals surface area contributed by atoms with E-state index in [9.17, 15) is 8.42 Å². The summed E-state index contributed by atoms with van der Waals surface area (Å²) in [4.78, 5) is 0.247. The van der Waals surface area contributed by atoms with Gasteiger partial charge in [0.25, 0.3) is 0 Å². The summed E-state index contributed by atoms with van der Waals surface area (Å²) < 4.78 is 26.5. The zero-order valence-corrected chi connectivity index (χ0v) is 12.8. The van der Waals surface area contributed by atoms with Crippen LogP contribution in [-0.2, 0) is 10.0 Å². The maximum atomic E-state index is 12.0. The molecule has 1 aliphatic rings. The summed E-state index contributed by atoms with van der Waals surface area (Å²) in [5.41, 5.74) is 7.21. The van der Waals surface area contributed by atoms with E-state index in [2.05, 4.69) is 17.0 Å². The minimum Gasteiger partial charge on any atom is -0.397 e. The molecule has 0 saturated heterocycles. The molecule has 2 rings (SSSR count). The van der Waals surface area contributed by atoms with Gasteiger partial charge in [0, 0.05) is 12.6 Å². The van der Waals surface area contributed by atoms with Gasteiger partial charge in [-0.2, -0.15) is 0 Å². The van der Waals surface area contributed by atoms with Crippen LogP contribution in [0.3, 0.4) is 0 Å². The number of hydrogen-bond donors (Lipinski definition) is 3. The second kappa shape index (κ2) is 6.01. The first-order valence-corrected chi connectivity index (χ1v) is 8.58. The molecule has 0 bridgehead atoms. The van der Waals surface area contributed by atoms with E-state index in [0.717, 1.165) is 0 Å². The van der Waals surface area contributed by atoms with Crippen molar-refractivity contribution in [2.24, 2.45) is 5.92 Å². The number of rotatable bonds is 6. The molecule has 1 aliphatic carbocycles. The number of nitrogens with two attached hydrogens (primary N) is 1. The number of benzene rings is 1. The van der Waals surface area contributed by atoms with Crippen molar-refractivity contribution in [2.45, 2.75) is 44.0 Å². The molecule has 112 valence electrons. The average molecular weight is 297 g/mol. The Hall–Kier alpha value is -1.27. The van der Waals surface area contributed by atoms with Crippen LogP contribution in [0.1, 0.15) is 33.1 Å². The SMILES string of the molecule is CCNS(=O)(=O)c1ccc(N)c(NC(C)C2CCC2)c1. The van der Waals surface area contributed by atoms with Crippen molar-refractivity contribution in [1.29, 1.82) is 0 Å². The predicted molar refractivity (Wildman–Crippen MR) is 82.1 cm³/mol. The number of nitrogen functional groups attached to an aromatic ring is 1. The van der Waals surface area contributed by atoms with Crippen LogP contribution in [0.4, 0.5) is 11.4 Å². The lowest BCUT2D eigenvalue weighted by Gasteiger charge is -2.32. The van der Waals surface area contributed by atoms with Crippen molar-refractivity contribution >= 4 is 21.4 Å². The van der Waals surface area contributed by atoms with Gasteiger partial charge in [-0.25, -0.2) is 13.1 Å². The Kier molecular flexibility index (Phi) is 4.55. The molecule has 0 amide bonds. The van der Waals surface area contributed by atoms with Crippen molar-refractivity contribution in [1.82, 2.24) is 4.72 Å². The van der Waals surface area contributed by atoms with Crippen molar-refractivity contribution in [3.8, 4) is 0 Å². The first kappa shape index (κ1) is 15.1. The second-order valence-electron chi connectivity index (χ2n) is 5.37. The van der Waals surface area contributed by atoms with Gasteiger partial charge < -0.3 is 11.1 Å². The number of anilines is 2. The molecule has 0 spiro atoms. The molecule has 0 aliphatic heterocycles. The minimum atomic E-state index is -3.44. The molecule has 5 nitrogen and oxygen atoms in total. The zero-order valence-electron chi connectivity index (χ0n) is 12.0. The molecule has 4 N–H and O–H groups in total. The van der Waals surface area contributed by atoms with Crippen LogP contribution < -0.4 is 15.8 Å². The molecule has 0 radical (unpaired) electrons. The van der Waals surface area contributed by atoms with Crippen LogP contribution in [0, 0.1) is 5.92 Å². The lowest BCUT2D eigenvalue weighted by molar-refractivity contribution is 0.285. The van der Waals surface area contributed by atoms with Crippen LogP contribution in [0.2, 0.25) is 0 Å². The second-order valence-corrected chi connectivity index (χ2v) is 7.14. The highest BCUT2D eigenvalue weighted by Gasteiger charge is 2.24. The molecule has 6 heteroatoms. The Morgan fingerprint density at radius 1 is 1.40 bits per heavy atom. The van der Waals surface area contributed by atoms with Gasteiger partial charge in [-0.05, 0) is 43.9 Å². The molecule has 1 saturated carbocycles. The van der Waals surface area contributed by atoms with Gasteiger partial charge in [-0.15, -0.1) is 0 Å². The van der Waals surface area contributed by atoms with Crippen molar-refractivity contribution in [3.63, 3.8) is 0 Å². The third-order valence-electron chi connectivity index (χ3n) is 3.91. The Balaban J connectivity index is 2.20. The van der Waals surface area contributed by atoms with Gasteiger partial charge in [0.2, 0.25) is 10.0 Å². The largest absolute Gasteiger partial charge is 0.397 e. The van der Waals surface area contributed by atoms with Crippen molar-refractivity contribution in [3.05, 3.63) is 18.2 Å². The monoisotopic (exact) mass is 297 g/mol. The predicted octanol–water partition coefficient (Wildman–Crippen LogP) is 2.17. The minimum absolute atomic E-state index is 0.247. The quantitative estimate of drug-likeness (QED) is 0.703. The van der Waals surface area contributed by atoms with E-state index in [1.165, 1.54) is 25.3 Å². The number of hydrogen-bond acceptors (Lipinski definition) is 4. The summed E-state index contributed by atoms with van der Waals surface area (Å²) in [5, 5.41) is 3.35. The summed E-state index contributed by atoms with van der Waals surface area (Å²) in [6.45, 7) is 4.25. The van der Waals surface area contributed by atoms with Gasteiger partial charge in [0.05, 0.1) is 16.3 Å². The third kappa shape index (κ3) is 3.24. The summed E-state index contributed by atoms with van der Waals surface area (Å²) in [6, 6.07) is 5.10. The van der Waals surface area contributed by atoms with Crippen LogP contribution in [-0.4, -0.2) is 21.0 Å². The maximum Gasteiger partial charge on any atom is 0.240 e. The Morgan fingerprint density at radius 3 is 2.65 bits per heavy atom. The van der Waals surface area contributed by atoms with Crippen LogP contribution in [0.25, 0.3) is 0 Å². The van der Waals surface area contributed by atoms with E-state index in [-0.39, 0.29) is 4.90 Å². The van der Waals surface area contributed by atoms with Crippen molar-refractivity contribution in [2.75, 3.05) is 17.6 Å². The first-order chi connectivity index (χ1) is 9.44. The van der Waals surface area contributed by atoms with Crippen molar-refractivity contribution < 1.29 is 8.42 Å². The molecule has 1 fully saturated rings. The van der Waals surface area contributed by atoms with Crippen LogP contribution in [0.5, 0.6) is 0 Å². The highest BCUT2D eigenvalue weighted by atomic mass is 32.2.